The lowest BCUT2D eigenvalue weighted by molar-refractivity contribution is -0.111. The van der Waals surface area contributed by atoms with Crippen LogP contribution in [0.1, 0.15) is 5.56 Å². The summed E-state index contributed by atoms with van der Waals surface area (Å²) in [6.07, 6.45) is 1.22. The van der Waals surface area contributed by atoms with Gasteiger partial charge in [0.2, 0.25) is 17.7 Å². The number of anilines is 5. The molecular weight excluding hydrogens is 504 g/mol. The fourth-order valence-corrected chi connectivity index (χ4v) is 4.42. The minimum Gasteiger partial charge on any atom is -0.438 e. The van der Waals surface area contributed by atoms with E-state index in [0.29, 0.717) is 41.2 Å². The van der Waals surface area contributed by atoms with Crippen LogP contribution in [0.2, 0.25) is 0 Å². The number of amides is 1. The minimum atomic E-state index is -0.304. The Morgan fingerprint density at radius 3 is 2.45 bits per heavy atom. The molecule has 1 aliphatic rings. The molecule has 2 heterocycles. The third-order valence-corrected chi connectivity index (χ3v) is 6.47. The third-order valence-electron chi connectivity index (χ3n) is 6.47. The maximum absolute atomic E-state index is 11.8. The first kappa shape index (κ1) is 28.6. The summed E-state index contributed by atoms with van der Waals surface area (Å²) in [4.78, 5) is 28.0. The van der Waals surface area contributed by atoms with Crippen LogP contribution in [-0.2, 0) is 4.79 Å². The Balaban J connectivity index is 1.63. The van der Waals surface area contributed by atoms with Crippen molar-refractivity contribution in [2.45, 2.75) is 0 Å². The Bertz CT molecular complexity index is 1350. The van der Waals surface area contributed by atoms with Crippen LogP contribution < -0.4 is 25.6 Å². The topological polar surface area (TPSA) is 97.9 Å². The Kier molecular flexibility index (Phi) is 9.36. The van der Waals surface area contributed by atoms with E-state index in [1.165, 1.54) is 11.8 Å². The maximum Gasteiger partial charge on any atom is 0.247 e. The van der Waals surface area contributed by atoms with E-state index < -0.39 is 0 Å². The molecule has 4 rings (SSSR count). The summed E-state index contributed by atoms with van der Waals surface area (Å²) in [6.45, 7) is 12.5. The molecule has 210 valence electrons. The van der Waals surface area contributed by atoms with E-state index in [0.717, 1.165) is 37.4 Å². The number of carbonyl (C=O) groups is 1. The fraction of sp³-hybridized carbons (Fsp3) is 0.300. The summed E-state index contributed by atoms with van der Waals surface area (Å²) in [7, 11) is 7.90. The Labute approximate surface area is 236 Å². The normalized spacial score (nSPS) is 13.6. The summed E-state index contributed by atoms with van der Waals surface area (Å²) in [5.74, 6) is 1.51. The second-order valence-corrected chi connectivity index (χ2v) is 9.95. The van der Waals surface area contributed by atoms with Crippen molar-refractivity contribution in [3.05, 3.63) is 73.3 Å². The van der Waals surface area contributed by atoms with Crippen molar-refractivity contribution in [2.24, 2.45) is 0 Å². The molecule has 1 amide bonds. The monoisotopic (exact) mass is 542 g/mol. The summed E-state index contributed by atoms with van der Waals surface area (Å²) in [5.41, 5.74) is 4.10. The molecule has 1 aliphatic heterocycles. The molecule has 10 heteroatoms. The molecule has 1 aromatic heterocycles. The molecule has 2 aromatic carbocycles. The maximum atomic E-state index is 11.8. The molecule has 0 spiro atoms. The highest BCUT2D eigenvalue weighted by Gasteiger charge is 2.20. The van der Waals surface area contributed by atoms with Crippen LogP contribution in [0.5, 0.6) is 11.6 Å². The SMILES string of the molecule is C=CC(=O)Nc1cccc(Oc2nc(Nc3ccc(N4CCN(C)CC4)cc3)nc(NC)c2C(=C)CN(C)C)c1. The lowest BCUT2D eigenvalue weighted by Crippen LogP contribution is -2.44. The number of piperazine rings is 1. The van der Waals surface area contributed by atoms with Crippen LogP contribution in [0.25, 0.3) is 5.57 Å². The van der Waals surface area contributed by atoms with Crippen LogP contribution in [0.4, 0.5) is 28.8 Å². The molecule has 0 atom stereocenters. The van der Waals surface area contributed by atoms with E-state index in [9.17, 15) is 4.79 Å². The van der Waals surface area contributed by atoms with E-state index >= 15 is 0 Å². The first-order valence-electron chi connectivity index (χ1n) is 13.2. The predicted molar refractivity (Wildman–Crippen MR) is 164 cm³/mol. The van der Waals surface area contributed by atoms with Gasteiger partial charge >= 0.3 is 0 Å². The predicted octanol–water partition coefficient (Wildman–Crippen LogP) is 4.51. The van der Waals surface area contributed by atoms with Crippen molar-refractivity contribution in [3.63, 3.8) is 0 Å². The van der Waals surface area contributed by atoms with Gasteiger partial charge in [0.15, 0.2) is 0 Å². The smallest absolute Gasteiger partial charge is 0.247 e. The first-order valence-corrected chi connectivity index (χ1v) is 13.2. The number of aromatic nitrogens is 2. The van der Waals surface area contributed by atoms with Crippen molar-refractivity contribution in [2.75, 3.05) is 81.8 Å². The van der Waals surface area contributed by atoms with Gasteiger partial charge in [0.1, 0.15) is 11.6 Å². The summed E-state index contributed by atoms with van der Waals surface area (Å²) < 4.78 is 6.30. The number of carbonyl (C=O) groups excluding carboxylic acids is 1. The van der Waals surface area contributed by atoms with Crippen molar-refractivity contribution in [3.8, 4) is 11.6 Å². The van der Waals surface area contributed by atoms with Gasteiger partial charge in [-0.25, -0.2) is 0 Å². The van der Waals surface area contributed by atoms with Gasteiger partial charge in [0.05, 0.1) is 5.56 Å². The molecule has 0 radical (unpaired) electrons. The number of ether oxygens (including phenoxy) is 1. The van der Waals surface area contributed by atoms with Gasteiger partial charge in [-0.3, -0.25) is 4.79 Å². The zero-order valence-corrected chi connectivity index (χ0v) is 23.7. The Morgan fingerprint density at radius 2 is 1.80 bits per heavy atom. The molecule has 10 nitrogen and oxygen atoms in total. The Morgan fingerprint density at radius 1 is 1.07 bits per heavy atom. The van der Waals surface area contributed by atoms with Crippen LogP contribution in [0, 0.1) is 0 Å². The van der Waals surface area contributed by atoms with E-state index in [2.05, 4.69) is 58.1 Å². The van der Waals surface area contributed by atoms with E-state index in [1.807, 2.05) is 31.1 Å². The van der Waals surface area contributed by atoms with Gasteiger partial charge in [-0.05, 0) is 69.2 Å². The van der Waals surface area contributed by atoms with Crippen molar-refractivity contribution < 1.29 is 9.53 Å². The highest BCUT2D eigenvalue weighted by molar-refractivity contribution is 5.99. The first-order chi connectivity index (χ1) is 19.2. The summed E-state index contributed by atoms with van der Waals surface area (Å²) >= 11 is 0. The van der Waals surface area contributed by atoms with Crippen molar-refractivity contribution >= 4 is 40.3 Å². The molecular formula is C30H38N8O2. The molecule has 0 unspecified atom stereocenters. The van der Waals surface area contributed by atoms with Crippen LogP contribution >= 0.6 is 0 Å². The zero-order valence-electron chi connectivity index (χ0n) is 23.7. The van der Waals surface area contributed by atoms with E-state index in [4.69, 9.17) is 14.7 Å². The standard InChI is InChI=1S/C30H38N8O2/c1-7-26(39)32-23-9-8-10-25(19-23)40-29-27(21(2)20-36(4)5)28(31-3)34-30(35-29)33-22-11-13-24(14-12-22)38-17-15-37(6)16-18-38/h7-14,19H,1-2,15-18,20H2,3-6H3,(H,32,39)(H2,31,33,34,35). The largest absolute Gasteiger partial charge is 0.438 e. The van der Waals surface area contributed by atoms with Gasteiger partial charge in [0, 0.05) is 62.9 Å². The second kappa shape index (κ2) is 13.1. The lowest BCUT2D eigenvalue weighted by Gasteiger charge is -2.34. The number of nitrogens with zero attached hydrogens (tertiary/aromatic N) is 5. The van der Waals surface area contributed by atoms with Crippen LogP contribution in [0.3, 0.4) is 0 Å². The third kappa shape index (κ3) is 7.37. The molecule has 1 saturated heterocycles. The molecule has 0 aliphatic carbocycles. The average molecular weight is 543 g/mol. The Hall–Kier alpha value is -4.41. The number of hydrogen-bond acceptors (Lipinski definition) is 9. The molecule has 0 saturated carbocycles. The summed E-state index contributed by atoms with van der Waals surface area (Å²) in [5, 5.41) is 9.24. The van der Waals surface area contributed by atoms with E-state index in [-0.39, 0.29) is 5.91 Å². The number of benzene rings is 2. The van der Waals surface area contributed by atoms with Gasteiger partial charge < -0.3 is 35.4 Å². The highest BCUT2D eigenvalue weighted by atomic mass is 16.5. The van der Waals surface area contributed by atoms with E-state index in [1.54, 1.807) is 31.3 Å². The van der Waals surface area contributed by atoms with Crippen LogP contribution in [-0.4, -0.2) is 86.6 Å². The number of rotatable bonds is 11. The van der Waals surface area contributed by atoms with Crippen molar-refractivity contribution in [1.82, 2.24) is 19.8 Å². The van der Waals surface area contributed by atoms with Crippen molar-refractivity contribution in [1.29, 1.82) is 0 Å². The molecule has 0 bridgehead atoms. The number of hydrogen-bond donors (Lipinski definition) is 3. The average Bonchev–Trinajstić information content (AvgIpc) is 2.93. The lowest BCUT2D eigenvalue weighted by atomic mass is 10.1. The van der Waals surface area contributed by atoms with Gasteiger partial charge in [-0.15, -0.1) is 0 Å². The number of likely N-dealkylation sites (N-methyl/N-ethyl adjacent to an activating group) is 2. The minimum absolute atomic E-state index is 0.304. The molecule has 40 heavy (non-hydrogen) atoms. The van der Waals surface area contributed by atoms with Gasteiger partial charge in [0.25, 0.3) is 0 Å². The zero-order chi connectivity index (χ0) is 28.6. The molecule has 3 aromatic rings. The second-order valence-electron chi connectivity index (χ2n) is 9.95. The van der Waals surface area contributed by atoms with Crippen LogP contribution in [0.15, 0.2) is 67.8 Å². The van der Waals surface area contributed by atoms with Gasteiger partial charge in [-0.2, -0.15) is 9.97 Å². The van der Waals surface area contributed by atoms with Gasteiger partial charge in [-0.1, -0.05) is 19.2 Å². The summed E-state index contributed by atoms with van der Waals surface area (Å²) in [6, 6.07) is 15.4. The fourth-order valence-electron chi connectivity index (χ4n) is 4.42. The molecule has 1 fully saturated rings. The highest BCUT2D eigenvalue weighted by Crippen LogP contribution is 2.35. The molecule has 3 N–H and O–H groups in total. The quantitative estimate of drug-likeness (QED) is 0.303. The number of nitrogens with one attached hydrogen (secondary N) is 3.